The van der Waals surface area contributed by atoms with Gasteiger partial charge in [0, 0.05) is 23.1 Å². The van der Waals surface area contributed by atoms with Gasteiger partial charge in [-0.1, -0.05) is 30.9 Å². The van der Waals surface area contributed by atoms with Crippen LogP contribution in [0.4, 0.5) is 0 Å². The minimum Gasteiger partial charge on any atom is -0.486 e. The fourth-order valence-electron chi connectivity index (χ4n) is 3.44. The van der Waals surface area contributed by atoms with Crippen molar-refractivity contribution in [3.63, 3.8) is 0 Å². The van der Waals surface area contributed by atoms with Crippen LogP contribution in [-0.4, -0.2) is 35.1 Å². The molecular formula is C19H26ClNO4S. The fourth-order valence-corrected chi connectivity index (χ4v) is 4.79. The van der Waals surface area contributed by atoms with Gasteiger partial charge in [-0.25, -0.2) is 0 Å². The highest BCUT2D eigenvalue weighted by Gasteiger charge is 2.23. The summed E-state index contributed by atoms with van der Waals surface area (Å²) in [4.78, 5) is 12.3. The van der Waals surface area contributed by atoms with E-state index in [4.69, 9.17) is 21.1 Å². The molecule has 144 valence electrons. The Morgan fingerprint density at radius 1 is 1.27 bits per heavy atom. The SMILES string of the molecule is CC(C(=O)NCC1CCCCC1)S(=O)Cc1cc(Cl)c2c(c1)OCCO2. The van der Waals surface area contributed by atoms with Gasteiger partial charge < -0.3 is 14.8 Å². The van der Waals surface area contributed by atoms with Crippen LogP contribution in [0.15, 0.2) is 12.1 Å². The molecule has 1 amide bonds. The molecule has 1 aliphatic heterocycles. The van der Waals surface area contributed by atoms with Crippen molar-refractivity contribution in [1.29, 1.82) is 0 Å². The van der Waals surface area contributed by atoms with Gasteiger partial charge in [-0.2, -0.15) is 0 Å². The third-order valence-electron chi connectivity index (χ3n) is 5.02. The summed E-state index contributed by atoms with van der Waals surface area (Å²) in [5.41, 5.74) is 0.782. The molecule has 1 saturated carbocycles. The highest BCUT2D eigenvalue weighted by atomic mass is 35.5. The molecule has 1 aromatic carbocycles. The topological polar surface area (TPSA) is 64.6 Å². The Labute approximate surface area is 162 Å². The Hall–Kier alpha value is -1.27. The molecule has 0 saturated heterocycles. The second kappa shape index (κ2) is 9.09. The van der Waals surface area contributed by atoms with Crippen LogP contribution in [0.1, 0.15) is 44.6 Å². The summed E-state index contributed by atoms with van der Waals surface area (Å²) in [6.45, 7) is 3.34. The summed E-state index contributed by atoms with van der Waals surface area (Å²) >= 11 is 6.23. The molecule has 1 N–H and O–H groups in total. The largest absolute Gasteiger partial charge is 0.486 e. The third-order valence-corrected chi connectivity index (χ3v) is 6.92. The number of benzene rings is 1. The lowest BCUT2D eigenvalue weighted by atomic mass is 9.89. The van der Waals surface area contributed by atoms with E-state index in [2.05, 4.69) is 5.32 Å². The van der Waals surface area contributed by atoms with Gasteiger partial charge in [0.05, 0.1) is 5.02 Å². The normalized spacial score (nSPS) is 19.6. The lowest BCUT2D eigenvalue weighted by Crippen LogP contribution is -2.38. The summed E-state index contributed by atoms with van der Waals surface area (Å²) in [5.74, 6) is 1.78. The number of hydrogen-bond acceptors (Lipinski definition) is 4. The van der Waals surface area contributed by atoms with Gasteiger partial charge in [-0.3, -0.25) is 9.00 Å². The predicted octanol–water partition coefficient (Wildman–Crippen LogP) is 3.44. The number of amides is 1. The fraction of sp³-hybridized carbons (Fsp3) is 0.632. The number of carbonyl (C=O) groups is 1. The Morgan fingerprint density at radius 2 is 2.00 bits per heavy atom. The maximum atomic E-state index is 12.6. The molecule has 26 heavy (non-hydrogen) atoms. The van der Waals surface area contributed by atoms with Crippen LogP contribution in [0.5, 0.6) is 11.5 Å². The number of hydrogen-bond donors (Lipinski definition) is 1. The van der Waals surface area contributed by atoms with E-state index >= 15 is 0 Å². The van der Waals surface area contributed by atoms with Crippen molar-refractivity contribution in [2.24, 2.45) is 5.92 Å². The van der Waals surface area contributed by atoms with Gasteiger partial charge in [0.25, 0.3) is 0 Å². The molecule has 1 heterocycles. The quantitative estimate of drug-likeness (QED) is 0.795. The van der Waals surface area contributed by atoms with E-state index in [1.807, 2.05) is 0 Å². The zero-order chi connectivity index (χ0) is 18.5. The molecule has 7 heteroatoms. The molecule has 0 aromatic heterocycles. The van der Waals surface area contributed by atoms with E-state index in [-0.39, 0.29) is 11.7 Å². The van der Waals surface area contributed by atoms with Crippen LogP contribution < -0.4 is 14.8 Å². The first kappa shape index (κ1) is 19.5. The number of nitrogens with one attached hydrogen (secondary N) is 1. The molecular weight excluding hydrogens is 374 g/mol. The molecule has 1 fully saturated rings. The third kappa shape index (κ3) is 4.92. The standard InChI is InChI=1S/C19H26ClNO4S/c1-13(19(22)21-11-14-5-3-2-4-6-14)26(23)12-15-9-16(20)18-17(10-15)24-7-8-25-18/h9-10,13-14H,2-8,11-12H2,1H3,(H,21,22). The van der Waals surface area contributed by atoms with Gasteiger partial charge >= 0.3 is 0 Å². The molecule has 3 rings (SSSR count). The monoisotopic (exact) mass is 399 g/mol. The molecule has 2 aliphatic rings. The zero-order valence-electron chi connectivity index (χ0n) is 15.1. The van der Waals surface area contributed by atoms with Crippen LogP contribution in [0, 0.1) is 5.92 Å². The number of halogens is 1. The van der Waals surface area contributed by atoms with E-state index < -0.39 is 16.0 Å². The van der Waals surface area contributed by atoms with Gasteiger partial charge in [-0.05, 0) is 43.4 Å². The molecule has 2 unspecified atom stereocenters. The van der Waals surface area contributed by atoms with Gasteiger partial charge in [0.1, 0.15) is 18.5 Å². The summed E-state index contributed by atoms with van der Waals surface area (Å²) in [5, 5.41) is 2.86. The van der Waals surface area contributed by atoms with Crippen molar-refractivity contribution in [3.8, 4) is 11.5 Å². The molecule has 0 radical (unpaired) electrons. The second-order valence-corrected chi connectivity index (χ2v) is 9.18. The van der Waals surface area contributed by atoms with Crippen molar-refractivity contribution >= 4 is 28.3 Å². The second-order valence-electron chi connectivity index (χ2n) is 7.02. The van der Waals surface area contributed by atoms with Crippen LogP contribution in [0.2, 0.25) is 5.02 Å². The highest BCUT2D eigenvalue weighted by Crippen LogP contribution is 2.38. The first-order chi connectivity index (χ1) is 12.5. The maximum absolute atomic E-state index is 12.6. The molecule has 0 bridgehead atoms. The average Bonchev–Trinajstić information content (AvgIpc) is 2.66. The minimum absolute atomic E-state index is 0.141. The highest BCUT2D eigenvalue weighted by molar-refractivity contribution is 7.85. The van der Waals surface area contributed by atoms with E-state index in [0.29, 0.717) is 42.2 Å². The van der Waals surface area contributed by atoms with E-state index in [9.17, 15) is 9.00 Å². The summed E-state index contributed by atoms with van der Waals surface area (Å²) in [6.07, 6.45) is 6.13. The maximum Gasteiger partial charge on any atom is 0.235 e. The Bertz CT molecular complexity index is 676. The molecule has 2 atom stereocenters. The predicted molar refractivity (Wildman–Crippen MR) is 103 cm³/mol. The van der Waals surface area contributed by atoms with Crippen molar-refractivity contribution in [2.45, 2.75) is 50.0 Å². The summed E-state index contributed by atoms with van der Waals surface area (Å²) in [7, 11) is -1.33. The number of ether oxygens (including phenoxy) is 2. The van der Waals surface area contributed by atoms with Crippen LogP contribution in [0.3, 0.4) is 0 Å². The van der Waals surface area contributed by atoms with Crippen LogP contribution in [-0.2, 0) is 21.3 Å². The summed E-state index contributed by atoms with van der Waals surface area (Å²) in [6, 6.07) is 3.53. The lowest BCUT2D eigenvalue weighted by molar-refractivity contribution is -0.120. The Balaban J connectivity index is 1.55. The molecule has 0 spiro atoms. The van der Waals surface area contributed by atoms with Gasteiger partial charge in [0.2, 0.25) is 5.91 Å². The zero-order valence-corrected chi connectivity index (χ0v) is 16.7. The molecule has 5 nitrogen and oxygen atoms in total. The van der Waals surface area contributed by atoms with E-state index in [1.54, 1.807) is 19.1 Å². The van der Waals surface area contributed by atoms with Crippen molar-refractivity contribution in [2.75, 3.05) is 19.8 Å². The van der Waals surface area contributed by atoms with Gasteiger partial charge in [-0.15, -0.1) is 0 Å². The van der Waals surface area contributed by atoms with Gasteiger partial charge in [0.15, 0.2) is 11.5 Å². The Kier molecular flexibility index (Phi) is 6.81. The minimum atomic E-state index is -1.33. The van der Waals surface area contributed by atoms with Crippen molar-refractivity contribution in [1.82, 2.24) is 5.32 Å². The van der Waals surface area contributed by atoms with E-state index in [0.717, 1.165) is 5.56 Å². The smallest absolute Gasteiger partial charge is 0.235 e. The van der Waals surface area contributed by atoms with Crippen LogP contribution in [0.25, 0.3) is 0 Å². The average molecular weight is 400 g/mol. The first-order valence-corrected chi connectivity index (χ1v) is 11.0. The van der Waals surface area contributed by atoms with Crippen molar-refractivity contribution in [3.05, 3.63) is 22.7 Å². The Morgan fingerprint density at radius 3 is 2.77 bits per heavy atom. The van der Waals surface area contributed by atoms with Crippen molar-refractivity contribution < 1.29 is 18.5 Å². The first-order valence-electron chi connectivity index (χ1n) is 9.27. The summed E-state index contributed by atoms with van der Waals surface area (Å²) < 4.78 is 23.7. The molecule has 1 aliphatic carbocycles. The number of carbonyl (C=O) groups excluding carboxylic acids is 1. The number of rotatable bonds is 6. The molecule has 1 aromatic rings. The number of fused-ring (bicyclic) bond motifs is 1. The van der Waals surface area contributed by atoms with Crippen LogP contribution >= 0.6 is 11.6 Å². The lowest BCUT2D eigenvalue weighted by Gasteiger charge is -2.23. The van der Waals surface area contributed by atoms with E-state index in [1.165, 1.54) is 32.1 Å².